The van der Waals surface area contributed by atoms with E-state index in [2.05, 4.69) is 10.6 Å². The van der Waals surface area contributed by atoms with Gasteiger partial charge in [-0.3, -0.25) is 9.59 Å². The standard InChI is InChI=1S/C22H16N2O4S2/c25-21(17-9-5-13-27-17)23-15-7-1-3-11-19(15)29-30-20-12-4-2-8-16(20)24-22(26)18-10-6-14-28-18/h1-14H,(H,23,25)(H,24,26). The van der Waals surface area contributed by atoms with Gasteiger partial charge in [-0.25, -0.2) is 0 Å². The van der Waals surface area contributed by atoms with Gasteiger partial charge in [-0.1, -0.05) is 45.9 Å². The van der Waals surface area contributed by atoms with E-state index < -0.39 is 0 Å². The molecule has 2 N–H and O–H groups in total. The predicted octanol–water partition coefficient (Wildman–Crippen LogP) is 6.18. The van der Waals surface area contributed by atoms with Crippen molar-refractivity contribution in [3.63, 3.8) is 0 Å². The number of hydrogen-bond donors (Lipinski definition) is 2. The predicted molar refractivity (Wildman–Crippen MR) is 118 cm³/mol. The third-order valence-electron chi connectivity index (χ3n) is 3.98. The first-order valence-corrected chi connectivity index (χ1v) is 11.1. The molecule has 4 rings (SSSR count). The van der Waals surface area contributed by atoms with Crippen LogP contribution in [0.5, 0.6) is 0 Å². The van der Waals surface area contributed by atoms with Crippen LogP contribution in [0.4, 0.5) is 11.4 Å². The molecule has 0 aliphatic carbocycles. The molecule has 2 aromatic heterocycles. The number of benzene rings is 2. The Morgan fingerprint density at radius 3 is 1.43 bits per heavy atom. The number of furan rings is 2. The average molecular weight is 437 g/mol. The summed E-state index contributed by atoms with van der Waals surface area (Å²) >= 11 is 0. The van der Waals surface area contributed by atoms with E-state index in [1.54, 1.807) is 24.3 Å². The topological polar surface area (TPSA) is 84.5 Å². The van der Waals surface area contributed by atoms with Crippen molar-refractivity contribution in [2.24, 2.45) is 0 Å². The molecule has 8 heteroatoms. The molecule has 6 nitrogen and oxygen atoms in total. The van der Waals surface area contributed by atoms with Gasteiger partial charge in [-0.2, -0.15) is 0 Å². The Morgan fingerprint density at radius 2 is 1.03 bits per heavy atom. The molecule has 0 unspecified atom stereocenters. The van der Waals surface area contributed by atoms with Crippen molar-refractivity contribution in [3.05, 3.63) is 96.8 Å². The first-order valence-electron chi connectivity index (χ1n) is 8.93. The van der Waals surface area contributed by atoms with Crippen molar-refractivity contribution in [2.45, 2.75) is 9.79 Å². The highest BCUT2D eigenvalue weighted by Gasteiger charge is 2.14. The molecule has 2 amide bonds. The van der Waals surface area contributed by atoms with Crippen LogP contribution in [-0.2, 0) is 0 Å². The Morgan fingerprint density at radius 1 is 0.600 bits per heavy atom. The second kappa shape index (κ2) is 9.43. The summed E-state index contributed by atoms with van der Waals surface area (Å²) in [5.74, 6) is -0.143. The Kier molecular flexibility index (Phi) is 6.26. The van der Waals surface area contributed by atoms with Crippen LogP contribution in [0.2, 0.25) is 0 Å². The lowest BCUT2D eigenvalue weighted by Gasteiger charge is -2.12. The summed E-state index contributed by atoms with van der Waals surface area (Å²) in [7, 11) is 2.95. The molecule has 150 valence electrons. The number of anilines is 2. The molecule has 0 aliphatic heterocycles. The van der Waals surface area contributed by atoms with E-state index >= 15 is 0 Å². The summed E-state index contributed by atoms with van der Waals surface area (Å²) in [5, 5.41) is 5.73. The highest BCUT2D eigenvalue weighted by atomic mass is 33.1. The fourth-order valence-corrected chi connectivity index (χ4v) is 4.83. The highest BCUT2D eigenvalue weighted by molar-refractivity contribution is 8.76. The average Bonchev–Trinajstić information content (AvgIpc) is 3.48. The first-order chi connectivity index (χ1) is 14.7. The van der Waals surface area contributed by atoms with Crippen LogP contribution >= 0.6 is 21.6 Å². The normalized spacial score (nSPS) is 10.5. The minimum atomic E-state index is -0.316. The Hall–Kier alpha value is -3.36. The van der Waals surface area contributed by atoms with Crippen LogP contribution in [0, 0.1) is 0 Å². The lowest BCUT2D eigenvalue weighted by molar-refractivity contribution is 0.0989. The number of rotatable bonds is 7. The second-order valence-electron chi connectivity index (χ2n) is 6.02. The van der Waals surface area contributed by atoms with Crippen molar-refractivity contribution in [1.82, 2.24) is 0 Å². The molecule has 2 aromatic carbocycles. The summed E-state index contributed by atoms with van der Waals surface area (Å²) < 4.78 is 10.3. The largest absolute Gasteiger partial charge is 0.459 e. The van der Waals surface area contributed by atoms with Gasteiger partial charge in [0.25, 0.3) is 11.8 Å². The lowest BCUT2D eigenvalue weighted by atomic mass is 10.3. The van der Waals surface area contributed by atoms with Gasteiger partial charge in [0, 0.05) is 9.79 Å². The third-order valence-corrected chi connectivity index (χ3v) is 6.46. The van der Waals surface area contributed by atoms with Crippen molar-refractivity contribution < 1.29 is 18.4 Å². The lowest BCUT2D eigenvalue weighted by Crippen LogP contribution is -2.11. The van der Waals surface area contributed by atoms with E-state index in [4.69, 9.17) is 8.83 Å². The summed E-state index contributed by atoms with van der Waals surface area (Å²) in [6, 6.07) is 21.5. The summed E-state index contributed by atoms with van der Waals surface area (Å²) in [6.45, 7) is 0. The highest BCUT2D eigenvalue weighted by Crippen LogP contribution is 2.43. The van der Waals surface area contributed by atoms with Crippen LogP contribution in [0.25, 0.3) is 0 Å². The SMILES string of the molecule is O=C(Nc1ccccc1SSc1ccccc1NC(=O)c1ccco1)c1ccco1. The van der Waals surface area contributed by atoms with Gasteiger partial charge >= 0.3 is 0 Å². The zero-order valence-corrected chi connectivity index (χ0v) is 17.2. The van der Waals surface area contributed by atoms with Crippen LogP contribution < -0.4 is 10.6 Å². The first kappa shape index (κ1) is 19.9. The van der Waals surface area contributed by atoms with Crippen LogP contribution in [0.1, 0.15) is 21.1 Å². The van der Waals surface area contributed by atoms with Crippen LogP contribution in [0.3, 0.4) is 0 Å². The minimum Gasteiger partial charge on any atom is -0.459 e. The van der Waals surface area contributed by atoms with E-state index in [1.165, 1.54) is 34.1 Å². The molecule has 0 spiro atoms. The van der Waals surface area contributed by atoms with E-state index in [9.17, 15) is 9.59 Å². The molecule has 0 bridgehead atoms. The van der Waals surface area contributed by atoms with Gasteiger partial charge in [0.2, 0.25) is 0 Å². The van der Waals surface area contributed by atoms with Gasteiger partial charge in [0.15, 0.2) is 11.5 Å². The van der Waals surface area contributed by atoms with Crippen LogP contribution in [0.15, 0.2) is 104 Å². The van der Waals surface area contributed by atoms with Crippen molar-refractivity contribution in [2.75, 3.05) is 10.6 Å². The minimum absolute atomic E-state index is 0.244. The Balaban J connectivity index is 1.47. The zero-order valence-electron chi connectivity index (χ0n) is 15.5. The van der Waals surface area contributed by atoms with E-state index in [0.29, 0.717) is 11.4 Å². The third kappa shape index (κ3) is 4.79. The zero-order chi connectivity index (χ0) is 20.8. The van der Waals surface area contributed by atoms with Crippen molar-refractivity contribution in [1.29, 1.82) is 0 Å². The summed E-state index contributed by atoms with van der Waals surface area (Å²) in [6.07, 6.45) is 2.92. The number of para-hydroxylation sites is 2. The van der Waals surface area contributed by atoms with E-state index in [1.807, 2.05) is 48.5 Å². The number of carbonyl (C=O) groups is 2. The quantitative estimate of drug-likeness (QED) is 0.337. The molecule has 0 radical (unpaired) electrons. The van der Waals surface area contributed by atoms with Gasteiger partial charge in [-0.05, 0) is 48.5 Å². The van der Waals surface area contributed by atoms with Crippen molar-refractivity contribution in [3.8, 4) is 0 Å². The fourth-order valence-electron chi connectivity index (χ4n) is 2.56. The molecular weight excluding hydrogens is 420 g/mol. The molecule has 0 aliphatic rings. The Labute approximate surface area is 180 Å². The number of nitrogens with one attached hydrogen (secondary N) is 2. The van der Waals surface area contributed by atoms with Gasteiger partial charge in [-0.15, -0.1) is 0 Å². The molecule has 0 saturated heterocycles. The maximum atomic E-state index is 12.3. The smallest absolute Gasteiger partial charge is 0.291 e. The molecule has 0 atom stereocenters. The fraction of sp³-hybridized carbons (Fsp3) is 0. The molecule has 30 heavy (non-hydrogen) atoms. The van der Waals surface area contributed by atoms with Crippen LogP contribution in [-0.4, -0.2) is 11.8 Å². The monoisotopic (exact) mass is 436 g/mol. The van der Waals surface area contributed by atoms with Gasteiger partial charge in [0.05, 0.1) is 23.9 Å². The number of carbonyl (C=O) groups excluding carboxylic acids is 2. The van der Waals surface area contributed by atoms with Gasteiger partial charge < -0.3 is 19.5 Å². The molecule has 0 fully saturated rings. The summed E-state index contributed by atoms with van der Waals surface area (Å²) in [4.78, 5) is 26.4. The van der Waals surface area contributed by atoms with Gasteiger partial charge in [0.1, 0.15) is 0 Å². The molecular formula is C22H16N2O4S2. The second-order valence-corrected chi connectivity index (χ2v) is 8.23. The molecule has 0 saturated carbocycles. The molecule has 2 heterocycles. The maximum Gasteiger partial charge on any atom is 0.291 e. The summed E-state index contributed by atoms with van der Waals surface area (Å²) in [5.41, 5.74) is 1.35. The molecule has 4 aromatic rings. The Bertz CT molecular complexity index is 1050. The number of amides is 2. The number of hydrogen-bond acceptors (Lipinski definition) is 6. The van der Waals surface area contributed by atoms with E-state index in [0.717, 1.165) is 9.79 Å². The van der Waals surface area contributed by atoms with E-state index in [-0.39, 0.29) is 23.3 Å². The maximum absolute atomic E-state index is 12.3. The van der Waals surface area contributed by atoms with Crippen molar-refractivity contribution >= 4 is 44.8 Å².